The van der Waals surface area contributed by atoms with Crippen molar-refractivity contribution in [1.29, 1.82) is 0 Å². The van der Waals surface area contributed by atoms with Gasteiger partial charge in [-0.25, -0.2) is 0 Å². The first-order valence-electron chi connectivity index (χ1n) is 6.33. The van der Waals surface area contributed by atoms with E-state index in [-0.39, 0.29) is 0 Å². The van der Waals surface area contributed by atoms with Gasteiger partial charge in [0.05, 0.1) is 0 Å². The lowest BCUT2D eigenvalue weighted by molar-refractivity contribution is 0.190. The second-order valence-corrected chi connectivity index (χ2v) is 5.86. The predicted octanol–water partition coefficient (Wildman–Crippen LogP) is 2.59. The number of nitrogens with one attached hydrogen (secondary N) is 1. The van der Waals surface area contributed by atoms with Gasteiger partial charge in [0.25, 0.3) is 0 Å². The van der Waals surface area contributed by atoms with Crippen molar-refractivity contribution in [2.45, 2.75) is 25.8 Å². The lowest BCUT2D eigenvalue weighted by atomic mass is 10.00. The van der Waals surface area contributed by atoms with Crippen LogP contribution in [0, 0.1) is 6.92 Å². The zero-order chi connectivity index (χ0) is 12.3. The highest BCUT2D eigenvalue weighted by atomic mass is 79.9. The van der Waals surface area contributed by atoms with Gasteiger partial charge in [-0.15, -0.1) is 0 Å². The summed E-state index contributed by atoms with van der Waals surface area (Å²) in [6.45, 7) is 5.62. The highest BCUT2D eigenvalue weighted by molar-refractivity contribution is 9.10. The van der Waals surface area contributed by atoms with Gasteiger partial charge in [0.1, 0.15) is 0 Å². The van der Waals surface area contributed by atoms with Gasteiger partial charge >= 0.3 is 0 Å². The molecule has 1 unspecified atom stereocenters. The van der Waals surface area contributed by atoms with Gasteiger partial charge < -0.3 is 10.2 Å². The molecule has 1 aromatic carbocycles. The van der Waals surface area contributed by atoms with Crippen LogP contribution in [-0.2, 0) is 6.42 Å². The molecule has 2 nitrogen and oxygen atoms in total. The van der Waals surface area contributed by atoms with E-state index in [4.69, 9.17) is 0 Å². The largest absolute Gasteiger partial charge is 0.314 e. The van der Waals surface area contributed by atoms with Crippen LogP contribution in [0.15, 0.2) is 22.7 Å². The molecule has 1 saturated heterocycles. The van der Waals surface area contributed by atoms with Crippen molar-refractivity contribution in [2.24, 2.45) is 0 Å². The molecule has 2 rings (SSSR count). The number of rotatable bonds is 3. The molecule has 1 atom stereocenters. The van der Waals surface area contributed by atoms with Crippen LogP contribution in [-0.4, -0.2) is 37.6 Å². The summed E-state index contributed by atoms with van der Waals surface area (Å²) >= 11 is 3.55. The molecule has 94 valence electrons. The van der Waals surface area contributed by atoms with Crippen molar-refractivity contribution in [1.82, 2.24) is 10.2 Å². The Morgan fingerprint density at radius 2 is 2.29 bits per heavy atom. The Morgan fingerprint density at radius 3 is 3.06 bits per heavy atom. The van der Waals surface area contributed by atoms with Gasteiger partial charge in [0.2, 0.25) is 0 Å². The van der Waals surface area contributed by atoms with E-state index < -0.39 is 0 Å². The van der Waals surface area contributed by atoms with Crippen LogP contribution in [0.25, 0.3) is 0 Å². The molecule has 0 aromatic heterocycles. The predicted molar refractivity (Wildman–Crippen MR) is 76.5 cm³/mol. The third-order valence-electron chi connectivity index (χ3n) is 3.70. The number of aryl methyl sites for hydroxylation is 2. The first-order chi connectivity index (χ1) is 8.16. The quantitative estimate of drug-likeness (QED) is 0.922. The van der Waals surface area contributed by atoms with Crippen LogP contribution in [0.4, 0.5) is 0 Å². The number of hydrogen-bond acceptors (Lipinski definition) is 2. The maximum absolute atomic E-state index is 3.55. The van der Waals surface area contributed by atoms with Crippen LogP contribution >= 0.6 is 15.9 Å². The molecule has 0 amide bonds. The van der Waals surface area contributed by atoms with Gasteiger partial charge in [-0.2, -0.15) is 0 Å². The third kappa shape index (κ3) is 3.54. The fraction of sp³-hybridized carbons (Fsp3) is 0.571. The van der Waals surface area contributed by atoms with Gasteiger partial charge in [-0.1, -0.05) is 22.0 Å². The van der Waals surface area contributed by atoms with E-state index in [1.807, 2.05) is 0 Å². The van der Waals surface area contributed by atoms with Crippen LogP contribution in [0.1, 0.15) is 17.5 Å². The van der Waals surface area contributed by atoms with E-state index >= 15 is 0 Å². The Hall–Kier alpha value is -0.380. The molecule has 17 heavy (non-hydrogen) atoms. The maximum Gasteiger partial charge on any atom is 0.0221 e. The Morgan fingerprint density at radius 1 is 1.47 bits per heavy atom. The van der Waals surface area contributed by atoms with E-state index in [2.05, 4.69) is 58.3 Å². The van der Waals surface area contributed by atoms with Gasteiger partial charge in [-0.05, 0) is 50.1 Å². The minimum absolute atomic E-state index is 0.683. The van der Waals surface area contributed by atoms with Gasteiger partial charge in [0, 0.05) is 30.1 Å². The highest BCUT2D eigenvalue weighted by Gasteiger charge is 2.18. The fourth-order valence-electron chi connectivity index (χ4n) is 2.42. The SMILES string of the molecule is Cc1ccc(Br)cc1CCC1CNCCN1C. The van der Waals surface area contributed by atoms with Crippen molar-refractivity contribution in [3.8, 4) is 0 Å². The summed E-state index contributed by atoms with van der Waals surface area (Å²) in [5.41, 5.74) is 2.87. The molecule has 1 aliphatic heterocycles. The number of nitrogens with zero attached hydrogens (tertiary/aromatic N) is 1. The summed E-state index contributed by atoms with van der Waals surface area (Å²) in [7, 11) is 2.24. The van der Waals surface area contributed by atoms with E-state index in [0.717, 1.165) is 13.1 Å². The summed E-state index contributed by atoms with van der Waals surface area (Å²) in [4.78, 5) is 2.48. The first kappa shape index (κ1) is 13.1. The smallest absolute Gasteiger partial charge is 0.0221 e. The second kappa shape index (κ2) is 5.98. The molecule has 1 aromatic rings. The van der Waals surface area contributed by atoms with Gasteiger partial charge in [-0.3, -0.25) is 0 Å². The van der Waals surface area contributed by atoms with Crippen molar-refractivity contribution >= 4 is 15.9 Å². The average molecular weight is 297 g/mol. The molecule has 0 radical (unpaired) electrons. The number of likely N-dealkylation sites (N-methyl/N-ethyl adjacent to an activating group) is 1. The second-order valence-electron chi connectivity index (χ2n) is 4.95. The molecule has 0 saturated carbocycles. The molecular formula is C14H21BrN2. The summed E-state index contributed by atoms with van der Waals surface area (Å²) < 4.78 is 1.19. The Balaban J connectivity index is 1.94. The number of hydrogen-bond donors (Lipinski definition) is 1. The van der Waals surface area contributed by atoms with Crippen LogP contribution in [0.3, 0.4) is 0 Å². The third-order valence-corrected chi connectivity index (χ3v) is 4.20. The molecular weight excluding hydrogens is 276 g/mol. The summed E-state index contributed by atoms with van der Waals surface area (Å²) in [5, 5.41) is 3.48. The molecule has 0 aliphatic carbocycles. The first-order valence-corrected chi connectivity index (χ1v) is 7.12. The Labute approximate surface area is 113 Å². The summed E-state index contributed by atoms with van der Waals surface area (Å²) in [5.74, 6) is 0. The molecule has 1 N–H and O–H groups in total. The standard InChI is InChI=1S/C14H21BrN2/c1-11-3-5-13(15)9-12(11)4-6-14-10-16-7-8-17(14)2/h3,5,9,14,16H,4,6-8,10H2,1-2H3. The summed E-state index contributed by atoms with van der Waals surface area (Å²) in [6, 6.07) is 7.25. The van der Waals surface area contributed by atoms with E-state index in [0.29, 0.717) is 6.04 Å². The van der Waals surface area contributed by atoms with Crippen LogP contribution in [0.5, 0.6) is 0 Å². The molecule has 1 aliphatic rings. The lowest BCUT2D eigenvalue weighted by Crippen LogP contribution is -2.49. The monoisotopic (exact) mass is 296 g/mol. The zero-order valence-corrected chi connectivity index (χ0v) is 12.3. The number of halogens is 1. The molecule has 1 fully saturated rings. The van der Waals surface area contributed by atoms with Crippen molar-refractivity contribution in [3.05, 3.63) is 33.8 Å². The minimum atomic E-state index is 0.683. The van der Waals surface area contributed by atoms with Gasteiger partial charge in [0.15, 0.2) is 0 Å². The van der Waals surface area contributed by atoms with Crippen LogP contribution < -0.4 is 5.32 Å². The van der Waals surface area contributed by atoms with Crippen molar-refractivity contribution in [3.63, 3.8) is 0 Å². The average Bonchev–Trinajstić information content (AvgIpc) is 2.32. The fourth-order valence-corrected chi connectivity index (χ4v) is 2.82. The van der Waals surface area contributed by atoms with Crippen molar-refractivity contribution < 1.29 is 0 Å². The highest BCUT2D eigenvalue weighted by Crippen LogP contribution is 2.19. The summed E-state index contributed by atoms with van der Waals surface area (Å²) in [6.07, 6.45) is 2.41. The molecule has 1 heterocycles. The van der Waals surface area contributed by atoms with Crippen molar-refractivity contribution in [2.75, 3.05) is 26.7 Å². The van der Waals surface area contributed by atoms with E-state index in [1.54, 1.807) is 0 Å². The zero-order valence-electron chi connectivity index (χ0n) is 10.7. The molecule has 3 heteroatoms. The molecule has 0 spiro atoms. The maximum atomic E-state index is 3.55. The normalized spacial score (nSPS) is 21.7. The van der Waals surface area contributed by atoms with E-state index in [1.165, 1.54) is 35.0 Å². The van der Waals surface area contributed by atoms with E-state index in [9.17, 15) is 0 Å². The minimum Gasteiger partial charge on any atom is -0.314 e. The Kier molecular flexibility index (Phi) is 4.60. The lowest BCUT2D eigenvalue weighted by Gasteiger charge is -2.33. The molecule has 0 bridgehead atoms. The number of piperazine rings is 1. The van der Waals surface area contributed by atoms with Crippen LogP contribution in [0.2, 0.25) is 0 Å². The Bertz CT molecular complexity index is 378. The topological polar surface area (TPSA) is 15.3 Å². The number of benzene rings is 1.